The highest BCUT2D eigenvalue weighted by atomic mass is 32.1. The molecule has 0 spiro atoms. The number of nitrogens with zero attached hydrogens (tertiary/aromatic N) is 4. The van der Waals surface area contributed by atoms with Crippen molar-refractivity contribution >= 4 is 11.5 Å². The molecule has 0 atom stereocenters. The van der Waals surface area contributed by atoms with Crippen molar-refractivity contribution in [3.8, 4) is 28.7 Å². The summed E-state index contributed by atoms with van der Waals surface area (Å²) in [6.45, 7) is 0. The maximum absolute atomic E-state index is 5.50. The number of ether oxygens (including phenoxy) is 2. The Hall–Kier alpha value is -2.67. The maximum Gasteiger partial charge on any atom is 0.223 e. The van der Waals surface area contributed by atoms with Crippen LogP contribution in [-0.2, 0) is 12.8 Å². The zero-order valence-corrected chi connectivity index (χ0v) is 17.5. The van der Waals surface area contributed by atoms with E-state index in [2.05, 4.69) is 16.1 Å². The summed E-state index contributed by atoms with van der Waals surface area (Å²) in [5, 5.41) is 0. The van der Waals surface area contributed by atoms with Crippen LogP contribution in [0, 0.1) is 0 Å². The summed E-state index contributed by atoms with van der Waals surface area (Å²) in [6.07, 6.45) is 6.95. The topological polar surface area (TPSA) is 61.5 Å². The normalized spacial score (nSPS) is 16.6. The molecule has 0 N–H and O–H groups in total. The van der Waals surface area contributed by atoms with E-state index in [9.17, 15) is 0 Å². The van der Waals surface area contributed by atoms with Crippen molar-refractivity contribution < 1.29 is 9.47 Å². The molecule has 0 bridgehead atoms. The molecule has 0 amide bonds. The first-order valence-corrected chi connectivity index (χ1v) is 10.9. The molecule has 1 saturated carbocycles. The molecule has 2 aromatic heterocycles. The summed E-state index contributed by atoms with van der Waals surface area (Å²) in [7, 11) is 3.29. The predicted molar refractivity (Wildman–Crippen MR) is 113 cm³/mol. The second-order valence-corrected chi connectivity index (χ2v) is 8.43. The third-order valence-electron chi connectivity index (χ3n) is 5.42. The van der Waals surface area contributed by atoms with Gasteiger partial charge >= 0.3 is 0 Å². The van der Waals surface area contributed by atoms with Crippen LogP contribution in [-0.4, -0.2) is 34.2 Å². The van der Waals surface area contributed by atoms with Gasteiger partial charge in [-0.15, -0.1) is 0 Å². The number of benzene rings is 1. The number of aromatic nitrogens is 3. The number of hydrogen-bond acceptors (Lipinski definition) is 6. The molecule has 0 saturated heterocycles. The fourth-order valence-electron chi connectivity index (χ4n) is 3.69. The Balaban J connectivity index is 1.64. The highest BCUT2D eigenvalue weighted by Gasteiger charge is 2.22. The van der Waals surface area contributed by atoms with E-state index in [4.69, 9.17) is 24.4 Å². The quantitative estimate of drug-likeness (QED) is 0.641. The van der Waals surface area contributed by atoms with Crippen molar-refractivity contribution in [1.82, 2.24) is 13.9 Å². The molecule has 5 rings (SSSR count). The van der Waals surface area contributed by atoms with Gasteiger partial charge in [-0.1, -0.05) is 6.07 Å². The molecule has 0 unspecified atom stereocenters. The minimum atomic E-state index is 0.421. The second kappa shape index (κ2) is 7.63. The fraction of sp³-hybridized carbons (Fsp3) is 0.409. The minimum absolute atomic E-state index is 0.421. The summed E-state index contributed by atoms with van der Waals surface area (Å²) in [4.78, 5) is 15.4. The third-order valence-corrected chi connectivity index (χ3v) is 6.32. The van der Waals surface area contributed by atoms with Crippen LogP contribution in [0.1, 0.15) is 36.9 Å². The van der Waals surface area contributed by atoms with Crippen LogP contribution in [0.4, 0.5) is 0 Å². The van der Waals surface area contributed by atoms with Gasteiger partial charge in [0.05, 0.1) is 20.3 Å². The Morgan fingerprint density at radius 1 is 1.00 bits per heavy atom. The first-order valence-electron chi connectivity index (χ1n) is 10.1. The summed E-state index contributed by atoms with van der Waals surface area (Å²) >= 11 is 1.55. The summed E-state index contributed by atoms with van der Waals surface area (Å²) in [5.74, 6) is 3.13. The number of hydrogen-bond donors (Lipinski definition) is 0. The second-order valence-electron chi connectivity index (χ2n) is 7.52. The Morgan fingerprint density at radius 3 is 2.62 bits per heavy atom. The monoisotopic (exact) mass is 408 g/mol. The smallest absolute Gasteiger partial charge is 0.223 e. The molecule has 2 heterocycles. The number of methoxy groups -OCH3 is 2. The Bertz CT molecular complexity index is 1050. The van der Waals surface area contributed by atoms with Crippen molar-refractivity contribution in [2.45, 2.75) is 44.6 Å². The van der Waals surface area contributed by atoms with Gasteiger partial charge in [0.25, 0.3) is 0 Å². The van der Waals surface area contributed by atoms with Crippen molar-refractivity contribution in [2.24, 2.45) is 4.99 Å². The van der Waals surface area contributed by atoms with Crippen LogP contribution in [0.15, 0.2) is 35.3 Å². The van der Waals surface area contributed by atoms with Gasteiger partial charge in [-0.05, 0) is 79.9 Å². The van der Waals surface area contributed by atoms with Crippen LogP contribution in [0.2, 0.25) is 0 Å². The van der Waals surface area contributed by atoms with Gasteiger partial charge in [-0.25, -0.2) is 8.94 Å². The van der Waals surface area contributed by atoms with Gasteiger partial charge < -0.3 is 9.47 Å². The predicted octanol–water partition coefficient (Wildman–Crippen LogP) is 3.95. The zero-order valence-electron chi connectivity index (χ0n) is 16.7. The molecule has 0 radical (unpaired) electrons. The van der Waals surface area contributed by atoms with E-state index >= 15 is 0 Å². The molecular formula is C22H24N4O2S. The number of fused-ring (bicyclic) bond motifs is 1. The molecule has 2 aliphatic rings. The van der Waals surface area contributed by atoms with Crippen molar-refractivity contribution in [2.75, 3.05) is 14.2 Å². The maximum atomic E-state index is 5.50. The largest absolute Gasteiger partial charge is 0.493 e. The number of rotatable bonds is 5. The molecule has 1 aromatic carbocycles. The molecular weight excluding hydrogens is 384 g/mol. The average molecular weight is 409 g/mol. The lowest BCUT2D eigenvalue weighted by Gasteiger charge is -2.16. The standard InChI is InChI=1S/C22H24N4O2S/c1-27-18-11-7-15(13-19(18)28-2)21-25-22(23-16-9-10-16)29-26(21)20-12-8-14-5-3-4-6-17(14)24-20/h7-8,11-13,16H,3-6,9-10H2,1-2H3. The lowest BCUT2D eigenvalue weighted by Crippen LogP contribution is -2.08. The van der Waals surface area contributed by atoms with E-state index in [0.717, 1.165) is 47.7 Å². The summed E-state index contributed by atoms with van der Waals surface area (Å²) in [5.41, 5.74) is 3.55. The van der Waals surface area contributed by atoms with E-state index < -0.39 is 0 Å². The van der Waals surface area contributed by atoms with Crippen LogP contribution in [0.3, 0.4) is 0 Å². The average Bonchev–Trinajstić information content (AvgIpc) is 3.49. The van der Waals surface area contributed by atoms with Gasteiger partial charge in [0.15, 0.2) is 17.3 Å². The molecule has 1 fully saturated rings. The van der Waals surface area contributed by atoms with E-state index in [-0.39, 0.29) is 0 Å². The van der Waals surface area contributed by atoms with Crippen LogP contribution in [0.5, 0.6) is 11.5 Å². The lowest BCUT2D eigenvalue weighted by atomic mass is 9.96. The van der Waals surface area contributed by atoms with Gasteiger partial charge in [0.1, 0.15) is 5.82 Å². The zero-order chi connectivity index (χ0) is 19.8. The first-order chi connectivity index (χ1) is 14.2. The van der Waals surface area contributed by atoms with E-state index in [1.807, 2.05) is 18.2 Å². The van der Waals surface area contributed by atoms with E-state index in [0.29, 0.717) is 17.5 Å². The Kier molecular flexibility index (Phi) is 4.83. The fourth-order valence-corrected chi connectivity index (χ4v) is 4.60. The van der Waals surface area contributed by atoms with Crippen LogP contribution >= 0.6 is 11.5 Å². The summed E-state index contributed by atoms with van der Waals surface area (Å²) in [6, 6.07) is 10.6. The van der Waals surface area contributed by atoms with Gasteiger partial charge in [-0.3, -0.25) is 4.99 Å². The molecule has 150 valence electrons. The van der Waals surface area contributed by atoms with Crippen molar-refractivity contribution in [3.63, 3.8) is 0 Å². The van der Waals surface area contributed by atoms with Crippen LogP contribution in [0.25, 0.3) is 17.2 Å². The first kappa shape index (κ1) is 18.4. The minimum Gasteiger partial charge on any atom is -0.493 e. The van der Waals surface area contributed by atoms with Crippen LogP contribution < -0.4 is 14.3 Å². The SMILES string of the molecule is COc1ccc(-c2nc(=NC3CC3)sn2-c2ccc3c(n2)CCCC3)cc1OC. The van der Waals surface area contributed by atoms with Gasteiger partial charge in [-0.2, -0.15) is 4.98 Å². The molecule has 6 nitrogen and oxygen atoms in total. The molecule has 0 aliphatic heterocycles. The van der Waals surface area contributed by atoms with Crippen molar-refractivity contribution in [3.05, 3.63) is 46.4 Å². The Morgan fingerprint density at radius 2 is 1.83 bits per heavy atom. The molecule has 3 aromatic rings. The summed E-state index contributed by atoms with van der Waals surface area (Å²) < 4.78 is 13.0. The van der Waals surface area contributed by atoms with Gasteiger partial charge in [0.2, 0.25) is 4.80 Å². The molecule has 29 heavy (non-hydrogen) atoms. The van der Waals surface area contributed by atoms with Gasteiger partial charge in [0, 0.05) is 11.3 Å². The van der Waals surface area contributed by atoms with E-state index in [1.165, 1.54) is 24.1 Å². The number of pyridine rings is 1. The Labute approximate surface area is 174 Å². The molecule has 7 heteroatoms. The third kappa shape index (κ3) is 3.67. The number of aryl methyl sites for hydroxylation is 2. The lowest BCUT2D eigenvalue weighted by molar-refractivity contribution is 0.355. The molecule has 2 aliphatic carbocycles. The highest BCUT2D eigenvalue weighted by molar-refractivity contribution is 7.04. The highest BCUT2D eigenvalue weighted by Crippen LogP contribution is 2.33. The van der Waals surface area contributed by atoms with E-state index in [1.54, 1.807) is 25.8 Å². The van der Waals surface area contributed by atoms with Crippen molar-refractivity contribution in [1.29, 1.82) is 0 Å².